The third-order valence-electron chi connectivity index (χ3n) is 2.15. The molecule has 0 fully saturated rings. The maximum atomic E-state index is 11.5. The summed E-state index contributed by atoms with van der Waals surface area (Å²) in [6, 6.07) is 3.06. The normalized spacial score (nSPS) is 11.2. The van der Waals surface area contributed by atoms with E-state index in [1.807, 2.05) is 0 Å². The Kier molecular flexibility index (Phi) is 6.37. The second-order valence-corrected chi connectivity index (χ2v) is 5.27. The summed E-state index contributed by atoms with van der Waals surface area (Å²) in [5.41, 5.74) is -0.588. The SMILES string of the molecule is CC(C)(C)OC(=O)NCCOC(=O)/C=C/C(=O)c1ccco1. The van der Waals surface area contributed by atoms with Gasteiger partial charge < -0.3 is 19.2 Å². The number of ketones is 1. The molecular weight excluding hydrogens is 290 g/mol. The highest BCUT2D eigenvalue weighted by atomic mass is 16.6. The highest BCUT2D eigenvalue weighted by Gasteiger charge is 2.15. The number of carbonyl (C=O) groups is 3. The van der Waals surface area contributed by atoms with E-state index in [4.69, 9.17) is 13.9 Å². The van der Waals surface area contributed by atoms with Gasteiger partial charge in [-0.2, -0.15) is 0 Å². The van der Waals surface area contributed by atoms with Gasteiger partial charge in [-0.05, 0) is 39.0 Å². The standard InChI is InChI=1S/C15H19NO6/c1-15(2,3)22-14(19)16-8-10-21-13(18)7-6-11(17)12-5-4-9-20-12/h4-7,9H,8,10H2,1-3H3,(H,16,19)/b7-6+. The van der Waals surface area contributed by atoms with Crippen molar-refractivity contribution in [3.05, 3.63) is 36.3 Å². The summed E-state index contributed by atoms with van der Waals surface area (Å²) in [5, 5.41) is 2.44. The fourth-order valence-corrected chi connectivity index (χ4v) is 1.31. The molecule has 0 aliphatic heterocycles. The molecule has 1 aromatic heterocycles. The van der Waals surface area contributed by atoms with Gasteiger partial charge in [0.2, 0.25) is 5.78 Å². The van der Waals surface area contributed by atoms with Gasteiger partial charge in [-0.15, -0.1) is 0 Å². The van der Waals surface area contributed by atoms with E-state index in [9.17, 15) is 14.4 Å². The molecule has 0 aliphatic rings. The van der Waals surface area contributed by atoms with Crippen molar-refractivity contribution in [2.45, 2.75) is 26.4 Å². The lowest BCUT2D eigenvalue weighted by molar-refractivity contribution is -0.137. The molecular formula is C15H19NO6. The van der Waals surface area contributed by atoms with E-state index < -0.39 is 23.4 Å². The Bertz CT molecular complexity index is 539. The van der Waals surface area contributed by atoms with Gasteiger partial charge in [0, 0.05) is 6.08 Å². The van der Waals surface area contributed by atoms with Gasteiger partial charge in [-0.25, -0.2) is 9.59 Å². The van der Waals surface area contributed by atoms with E-state index in [0.717, 1.165) is 12.2 Å². The second kappa shape index (κ2) is 8.02. The molecule has 7 nitrogen and oxygen atoms in total. The Hall–Kier alpha value is -2.57. The van der Waals surface area contributed by atoms with Crippen LogP contribution in [0.5, 0.6) is 0 Å². The minimum Gasteiger partial charge on any atom is -0.461 e. The van der Waals surface area contributed by atoms with Crippen molar-refractivity contribution in [2.24, 2.45) is 0 Å². The number of nitrogens with one attached hydrogen (secondary N) is 1. The summed E-state index contributed by atoms with van der Waals surface area (Å²) in [4.78, 5) is 34.2. The summed E-state index contributed by atoms with van der Waals surface area (Å²) < 4.78 is 14.7. The molecule has 0 saturated carbocycles. The van der Waals surface area contributed by atoms with Crippen molar-refractivity contribution in [2.75, 3.05) is 13.2 Å². The number of furan rings is 1. The van der Waals surface area contributed by atoms with Crippen LogP contribution in [0.4, 0.5) is 4.79 Å². The molecule has 0 spiro atoms. The van der Waals surface area contributed by atoms with E-state index in [1.54, 1.807) is 26.8 Å². The topological polar surface area (TPSA) is 94.8 Å². The smallest absolute Gasteiger partial charge is 0.407 e. The average Bonchev–Trinajstić information content (AvgIpc) is 2.93. The number of esters is 1. The van der Waals surface area contributed by atoms with Crippen LogP contribution in [-0.4, -0.2) is 36.6 Å². The van der Waals surface area contributed by atoms with Gasteiger partial charge in [0.25, 0.3) is 0 Å². The largest absolute Gasteiger partial charge is 0.461 e. The molecule has 7 heteroatoms. The van der Waals surface area contributed by atoms with Crippen LogP contribution in [0.3, 0.4) is 0 Å². The maximum absolute atomic E-state index is 11.5. The lowest BCUT2D eigenvalue weighted by Gasteiger charge is -2.19. The minimum atomic E-state index is -0.689. The van der Waals surface area contributed by atoms with Gasteiger partial charge in [-0.1, -0.05) is 0 Å². The number of amides is 1. The quantitative estimate of drug-likeness (QED) is 0.374. The average molecular weight is 309 g/mol. The minimum absolute atomic E-state index is 0.0304. The first kappa shape index (κ1) is 17.5. The molecule has 1 aromatic rings. The summed E-state index contributed by atoms with van der Waals surface area (Å²) in [7, 11) is 0. The first-order chi connectivity index (χ1) is 10.3. The van der Waals surface area contributed by atoms with Crippen LogP contribution in [0, 0.1) is 0 Å². The number of hydrogen-bond acceptors (Lipinski definition) is 6. The Morgan fingerprint density at radius 1 is 1.27 bits per heavy atom. The Morgan fingerprint density at radius 2 is 2.00 bits per heavy atom. The maximum Gasteiger partial charge on any atom is 0.407 e. The summed E-state index contributed by atoms with van der Waals surface area (Å²) in [6.45, 7) is 5.31. The van der Waals surface area contributed by atoms with E-state index in [1.165, 1.54) is 12.3 Å². The van der Waals surface area contributed by atoms with Crippen LogP contribution in [0.2, 0.25) is 0 Å². The molecule has 1 amide bonds. The molecule has 0 atom stereocenters. The van der Waals surface area contributed by atoms with E-state index in [-0.39, 0.29) is 18.9 Å². The predicted octanol–water partition coefficient (Wildman–Crippen LogP) is 2.09. The van der Waals surface area contributed by atoms with Crippen molar-refractivity contribution in [1.29, 1.82) is 0 Å². The number of rotatable bonds is 6. The Morgan fingerprint density at radius 3 is 2.59 bits per heavy atom. The first-order valence-corrected chi connectivity index (χ1v) is 6.67. The Balaban J connectivity index is 2.21. The van der Waals surface area contributed by atoms with Crippen LogP contribution in [-0.2, 0) is 14.3 Å². The van der Waals surface area contributed by atoms with E-state index >= 15 is 0 Å². The molecule has 1 heterocycles. The van der Waals surface area contributed by atoms with Gasteiger partial charge in [0.05, 0.1) is 12.8 Å². The van der Waals surface area contributed by atoms with Gasteiger partial charge in [0.1, 0.15) is 12.2 Å². The zero-order valence-corrected chi connectivity index (χ0v) is 12.8. The number of carbonyl (C=O) groups excluding carboxylic acids is 3. The van der Waals surface area contributed by atoms with Crippen LogP contribution >= 0.6 is 0 Å². The summed E-state index contributed by atoms with van der Waals surface area (Å²) in [5.74, 6) is -0.990. The van der Waals surface area contributed by atoms with Crippen molar-refractivity contribution < 1.29 is 28.3 Å². The molecule has 0 aromatic carbocycles. The van der Waals surface area contributed by atoms with Crippen molar-refractivity contribution >= 4 is 17.8 Å². The Labute approximate surface area is 128 Å². The molecule has 1 N–H and O–H groups in total. The molecule has 0 bridgehead atoms. The third kappa shape index (κ3) is 7.28. The lowest BCUT2D eigenvalue weighted by atomic mass is 10.2. The lowest BCUT2D eigenvalue weighted by Crippen LogP contribution is -2.34. The number of alkyl carbamates (subject to hydrolysis) is 1. The molecule has 120 valence electrons. The first-order valence-electron chi connectivity index (χ1n) is 6.67. The van der Waals surface area contributed by atoms with E-state index in [2.05, 4.69) is 5.32 Å². The van der Waals surface area contributed by atoms with Crippen molar-refractivity contribution in [3.8, 4) is 0 Å². The van der Waals surface area contributed by atoms with Gasteiger partial charge >= 0.3 is 12.1 Å². The number of ether oxygens (including phenoxy) is 2. The number of allylic oxidation sites excluding steroid dienone is 1. The monoisotopic (exact) mass is 309 g/mol. The molecule has 1 rings (SSSR count). The zero-order valence-electron chi connectivity index (χ0n) is 12.8. The van der Waals surface area contributed by atoms with Gasteiger partial charge in [0.15, 0.2) is 5.76 Å². The molecule has 0 radical (unpaired) electrons. The van der Waals surface area contributed by atoms with Gasteiger partial charge in [-0.3, -0.25) is 4.79 Å². The molecule has 0 aliphatic carbocycles. The van der Waals surface area contributed by atoms with Crippen LogP contribution in [0.25, 0.3) is 0 Å². The van der Waals surface area contributed by atoms with Crippen molar-refractivity contribution in [3.63, 3.8) is 0 Å². The highest BCUT2D eigenvalue weighted by Crippen LogP contribution is 2.06. The predicted molar refractivity (Wildman–Crippen MR) is 77.4 cm³/mol. The fraction of sp³-hybridized carbons (Fsp3) is 0.400. The molecule has 22 heavy (non-hydrogen) atoms. The third-order valence-corrected chi connectivity index (χ3v) is 2.15. The summed E-state index contributed by atoms with van der Waals surface area (Å²) >= 11 is 0. The zero-order chi connectivity index (χ0) is 16.6. The van der Waals surface area contributed by atoms with E-state index in [0.29, 0.717) is 0 Å². The fourth-order valence-electron chi connectivity index (χ4n) is 1.31. The van der Waals surface area contributed by atoms with Crippen LogP contribution in [0.15, 0.2) is 35.0 Å². The van der Waals surface area contributed by atoms with Crippen LogP contribution in [0.1, 0.15) is 31.3 Å². The van der Waals surface area contributed by atoms with Crippen molar-refractivity contribution in [1.82, 2.24) is 5.32 Å². The molecule has 0 unspecified atom stereocenters. The molecule has 0 saturated heterocycles. The second-order valence-electron chi connectivity index (χ2n) is 5.27. The summed E-state index contributed by atoms with van der Waals surface area (Å²) in [6.07, 6.45) is 2.83. The van der Waals surface area contributed by atoms with Crippen LogP contribution < -0.4 is 5.32 Å². The number of hydrogen-bond donors (Lipinski definition) is 1. The highest BCUT2D eigenvalue weighted by molar-refractivity contribution is 6.05.